The predicted octanol–water partition coefficient (Wildman–Crippen LogP) is 23.1. The second kappa shape index (κ2) is 24.3. The van der Waals surface area contributed by atoms with Gasteiger partial charge < -0.3 is 14.4 Å². The van der Waals surface area contributed by atoms with Gasteiger partial charge in [0.1, 0.15) is 0 Å². The molecule has 1 aliphatic carbocycles. The summed E-state index contributed by atoms with van der Waals surface area (Å²) in [5.74, 6) is 2.03. The molecule has 0 radical (unpaired) electrons. The van der Waals surface area contributed by atoms with Gasteiger partial charge in [-0.2, -0.15) is 9.97 Å². The number of hydrogen-bond acceptors (Lipinski definition) is 6. The average Bonchev–Trinajstić information content (AvgIpc) is 1.62. The summed E-state index contributed by atoms with van der Waals surface area (Å²) in [6, 6.07) is 121. The largest absolute Gasteiger partial charge is 0.313 e. The number of aromatic nitrogens is 4. The smallest absolute Gasteiger partial charge is 0.238 e. The van der Waals surface area contributed by atoms with Crippen molar-refractivity contribution >= 4 is 73.1 Å². The summed E-state index contributed by atoms with van der Waals surface area (Å²) in [5, 5.41) is 2.42. The fourth-order valence-electron chi connectivity index (χ4n) is 14.3. The standard InChI is InChI=1S/C88H63N7/c1-60-77(53-55-84-85(60)79-41-18-20-43-82(79)95(84)73-37-15-6-16-38-73)63-46-51-74(52-47-63)92(70-31-9-3-10-32-70)76-39-23-30-69(58-76)87-89-86(68-29-22-28-66(57-68)65-27-21-26-64(56-65)61-24-7-2-8-25-61)90-88(91-87)93(71-33-11-4-12-34-71)75-49-44-62(45-50-75)67-48-54-83-80(59-67)78-40-17-19-42-81(78)94(83)72-35-13-5-14-36-72/h2-60,85H,1H3. The third-order valence-corrected chi connectivity index (χ3v) is 18.8. The van der Waals surface area contributed by atoms with Crippen LogP contribution in [0.25, 0.3) is 89.2 Å². The molecular weight excluding hydrogens is 1160 g/mol. The number of nitrogens with zero attached hydrogens (tertiary/aromatic N) is 7. The quantitative estimate of drug-likeness (QED) is 0.108. The Morgan fingerprint density at radius 1 is 0.305 bits per heavy atom. The van der Waals surface area contributed by atoms with Gasteiger partial charge in [-0.05, 0) is 183 Å². The Hall–Kier alpha value is -12.5. The molecule has 0 N–H and O–H groups in total. The molecule has 2 aromatic heterocycles. The van der Waals surface area contributed by atoms with Crippen molar-refractivity contribution in [2.75, 3.05) is 14.7 Å². The van der Waals surface area contributed by atoms with Crippen molar-refractivity contribution in [1.82, 2.24) is 19.5 Å². The van der Waals surface area contributed by atoms with Crippen LogP contribution in [0.2, 0.25) is 0 Å². The van der Waals surface area contributed by atoms with E-state index >= 15 is 0 Å². The molecule has 0 saturated carbocycles. The van der Waals surface area contributed by atoms with Crippen LogP contribution in [0.3, 0.4) is 0 Å². The molecule has 2 aliphatic rings. The molecule has 7 heteroatoms. The van der Waals surface area contributed by atoms with Gasteiger partial charge in [-0.1, -0.05) is 231 Å². The highest BCUT2D eigenvalue weighted by atomic mass is 15.3. The van der Waals surface area contributed by atoms with Crippen LogP contribution in [-0.2, 0) is 0 Å². The Kier molecular flexibility index (Phi) is 14.5. The van der Waals surface area contributed by atoms with Crippen molar-refractivity contribution < 1.29 is 0 Å². The van der Waals surface area contributed by atoms with E-state index < -0.39 is 0 Å². The van der Waals surface area contributed by atoms with Crippen LogP contribution >= 0.6 is 0 Å². The number of hydrogen-bond donors (Lipinski definition) is 0. The van der Waals surface area contributed by atoms with Gasteiger partial charge in [0.05, 0.1) is 11.0 Å². The van der Waals surface area contributed by atoms with E-state index in [0.717, 1.165) is 73.1 Å². The lowest BCUT2D eigenvalue weighted by molar-refractivity contribution is 0.636. The highest BCUT2D eigenvalue weighted by Gasteiger charge is 2.40. The van der Waals surface area contributed by atoms with E-state index in [-0.39, 0.29) is 11.8 Å². The highest BCUT2D eigenvalue weighted by molar-refractivity contribution is 6.10. The first-order chi connectivity index (χ1) is 47.0. The van der Waals surface area contributed by atoms with Crippen molar-refractivity contribution in [3.05, 3.63) is 369 Å². The Balaban J connectivity index is 0.763. The lowest BCUT2D eigenvalue weighted by Crippen LogP contribution is -2.20. The van der Waals surface area contributed by atoms with Crippen molar-refractivity contribution in [1.29, 1.82) is 0 Å². The summed E-state index contributed by atoms with van der Waals surface area (Å²) >= 11 is 0. The van der Waals surface area contributed by atoms with Gasteiger partial charge >= 0.3 is 0 Å². The van der Waals surface area contributed by atoms with Crippen LogP contribution in [0, 0.1) is 5.92 Å². The van der Waals surface area contributed by atoms with Gasteiger partial charge in [0.25, 0.3) is 0 Å². The molecule has 95 heavy (non-hydrogen) atoms. The van der Waals surface area contributed by atoms with Crippen LogP contribution in [0.4, 0.5) is 45.8 Å². The molecule has 2 atom stereocenters. The van der Waals surface area contributed by atoms with Crippen molar-refractivity contribution in [2.24, 2.45) is 5.92 Å². The molecule has 0 saturated heterocycles. The van der Waals surface area contributed by atoms with Crippen molar-refractivity contribution in [3.8, 4) is 61.8 Å². The Morgan fingerprint density at radius 2 is 0.758 bits per heavy atom. The number of para-hydroxylation sites is 6. The lowest BCUT2D eigenvalue weighted by atomic mass is 9.76. The number of fused-ring (bicyclic) bond motifs is 6. The summed E-state index contributed by atoms with van der Waals surface area (Å²) in [7, 11) is 0. The minimum atomic E-state index is 0.223. The molecular formula is C88H63N7. The first-order valence-electron chi connectivity index (χ1n) is 32.5. The molecule has 0 spiro atoms. The maximum atomic E-state index is 5.52. The normalized spacial score (nSPS) is 14.1. The zero-order chi connectivity index (χ0) is 63.2. The van der Waals surface area contributed by atoms with Gasteiger partial charge in [-0.15, -0.1) is 0 Å². The number of rotatable bonds is 14. The van der Waals surface area contributed by atoms with E-state index in [1.165, 1.54) is 61.1 Å². The van der Waals surface area contributed by atoms with Gasteiger partial charge in [-0.25, -0.2) is 4.98 Å². The zero-order valence-corrected chi connectivity index (χ0v) is 52.3. The molecule has 1 aliphatic heterocycles. The van der Waals surface area contributed by atoms with Crippen LogP contribution in [0.15, 0.2) is 358 Å². The lowest BCUT2D eigenvalue weighted by Gasteiger charge is -2.31. The first-order valence-corrected chi connectivity index (χ1v) is 32.5. The molecule has 13 aromatic carbocycles. The Labute approximate surface area is 553 Å². The minimum Gasteiger partial charge on any atom is -0.313 e. The number of anilines is 8. The van der Waals surface area contributed by atoms with Gasteiger partial charge in [0.2, 0.25) is 5.95 Å². The van der Waals surface area contributed by atoms with Gasteiger partial charge in [0, 0.05) is 79.0 Å². The molecule has 7 nitrogen and oxygen atoms in total. The minimum absolute atomic E-state index is 0.223. The van der Waals surface area contributed by atoms with Crippen molar-refractivity contribution in [3.63, 3.8) is 0 Å². The maximum absolute atomic E-state index is 5.52. The molecule has 0 amide bonds. The topological polar surface area (TPSA) is 53.3 Å². The molecule has 15 aromatic rings. The molecule has 0 bridgehead atoms. The summed E-state index contributed by atoms with van der Waals surface area (Å²) in [6.45, 7) is 2.38. The van der Waals surface area contributed by atoms with E-state index in [1.54, 1.807) is 0 Å². The monoisotopic (exact) mass is 1220 g/mol. The van der Waals surface area contributed by atoms with E-state index in [4.69, 9.17) is 15.0 Å². The van der Waals surface area contributed by atoms with Crippen molar-refractivity contribution in [2.45, 2.75) is 12.8 Å². The third kappa shape index (κ3) is 10.5. The second-order valence-corrected chi connectivity index (χ2v) is 24.4. The van der Waals surface area contributed by atoms with E-state index in [0.29, 0.717) is 17.6 Å². The van der Waals surface area contributed by atoms with Crippen LogP contribution in [-0.4, -0.2) is 19.5 Å². The highest BCUT2D eigenvalue weighted by Crippen LogP contribution is 2.55. The molecule has 3 heterocycles. The summed E-state index contributed by atoms with van der Waals surface area (Å²) in [6.07, 6.45) is 4.68. The van der Waals surface area contributed by atoms with E-state index in [1.807, 2.05) is 6.07 Å². The third-order valence-electron chi connectivity index (χ3n) is 18.8. The molecule has 17 rings (SSSR count). The number of allylic oxidation sites excluding steroid dienone is 4. The fraction of sp³-hybridized carbons (Fsp3) is 0.0341. The number of benzene rings is 13. The van der Waals surface area contributed by atoms with Gasteiger partial charge in [0.15, 0.2) is 11.6 Å². The summed E-state index contributed by atoms with van der Waals surface area (Å²) in [4.78, 5) is 23.4. The molecule has 450 valence electrons. The average molecular weight is 1220 g/mol. The Bertz CT molecular complexity index is 5380. The second-order valence-electron chi connectivity index (χ2n) is 24.4. The fourth-order valence-corrected chi connectivity index (χ4v) is 14.3. The van der Waals surface area contributed by atoms with Crippen LogP contribution in [0.1, 0.15) is 24.0 Å². The molecule has 0 fully saturated rings. The predicted molar refractivity (Wildman–Crippen MR) is 394 cm³/mol. The van der Waals surface area contributed by atoms with E-state index in [9.17, 15) is 0 Å². The Morgan fingerprint density at radius 3 is 1.44 bits per heavy atom. The van der Waals surface area contributed by atoms with Gasteiger partial charge in [-0.3, -0.25) is 4.90 Å². The first kappa shape index (κ1) is 56.5. The summed E-state index contributed by atoms with van der Waals surface area (Å²) < 4.78 is 2.36. The van der Waals surface area contributed by atoms with E-state index in [2.05, 4.69) is 372 Å². The van der Waals surface area contributed by atoms with Crippen LogP contribution in [0.5, 0.6) is 0 Å². The maximum Gasteiger partial charge on any atom is 0.238 e. The summed E-state index contributed by atoms with van der Waals surface area (Å²) in [5.41, 5.74) is 24.4. The van der Waals surface area contributed by atoms with Crippen LogP contribution < -0.4 is 14.7 Å². The zero-order valence-electron chi connectivity index (χ0n) is 52.3. The molecule has 2 unspecified atom stereocenters. The SMILES string of the molecule is CC1C(c2ccc(N(c3ccccc3)c3cccc(-c4nc(-c5cccc(-c6cccc(-c7ccccc7)c6)c5)nc(N(c5ccccc5)c5ccc(-c6ccc7c(c6)c6ccccc6n7-c6ccccc6)cc5)n4)c3)cc2)=CC=C2C1c1ccccc1N2c1ccccc1.